The fourth-order valence-electron chi connectivity index (χ4n) is 3.85. The van der Waals surface area contributed by atoms with Crippen LogP contribution in [0.3, 0.4) is 0 Å². The number of carbonyl (C=O) groups excluding carboxylic acids is 1. The molecule has 30 heavy (non-hydrogen) atoms. The highest BCUT2D eigenvalue weighted by atomic mass is 16.5. The quantitative estimate of drug-likeness (QED) is 0.312. The van der Waals surface area contributed by atoms with Gasteiger partial charge in [0.05, 0.1) is 21.3 Å². The highest BCUT2D eigenvalue weighted by molar-refractivity contribution is 6.11. The Kier molecular flexibility index (Phi) is 5.40. The number of hydrogen-bond donors (Lipinski definition) is 0. The van der Waals surface area contributed by atoms with Crippen molar-refractivity contribution in [3.05, 3.63) is 78.4 Å². The molecule has 0 N–H and O–H groups in total. The molecule has 0 fully saturated rings. The normalized spacial score (nSPS) is 11.2. The molecule has 0 saturated carbocycles. The monoisotopic (exact) mass is 398 g/mol. The van der Waals surface area contributed by atoms with Gasteiger partial charge >= 0.3 is 5.97 Å². The molecule has 0 radical (unpaired) electrons. The van der Waals surface area contributed by atoms with Gasteiger partial charge in [0.1, 0.15) is 11.5 Å². The van der Waals surface area contributed by atoms with E-state index in [9.17, 15) is 4.79 Å². The van der Waals surface area contributed by atoms with Crippen LogP contribution < -0.4 is 9.47 Å². The fraction of sp³-hybridized carbons (Fsp3) is 0.115. The minimum Gasteiger partial charge on any atom is -0.496 e. The summed E-state index contributed by atoms with van der Waals surface area (Å²) in [7, 11) is 4.67. The Balaban J connectivity index is 2.15. The first kappa shape index (κ1) is 19.5. The molecule has 0 heterocycles. The molecule has 0 atom stereocenters. The van der Waals surface area contributed by atoms with E-state index in [1.54, 1.807) is 20.3 Å². The summed E-state index contributed by atoms with van der Waals surface area (Å²) in [5.41, 5.74) is 2.66. The van der Waals surface area contributed by atoms with Crippen LogP contribution >= 0.6 is 0 Å². The van der Waals surface area contributed by atoms with E-state index in [0.717, 1.165) is 44.0 Å². The van der Waals surface area contributed by atoms with E-state index in [-0.39, 0.29) is 0 Å². The lowest BCUT2D eigenvalue weighted by Crippen LogP contribution is -1.98. The minimum atomic E-state index is -0.422. The van der Waals surface area contributed by atoms with E-state index in [2.05, 4.69) is 18.2 Å². The number of esters is 1. The van der Waals surface area contributed by atoms with Gasteiger partial charge in [-0.3, -0.25) is 0 Å². The number of ether oxygens (including phenoxy) is 3. The van der Waals surface area contributed by atoms with Crippen molar-refractivity contribution >= 4 is 33.6 Å². The molecule has 4 aromatic rings. The second-order valence-electron chi connectivity index (χ2n) is 6.82. The zero-order valence-electron chi connectivity index (χ0n) is 17.1. The van der Waals surface area contributed by atoms with Crippen LogP contribution in [-0.4, -0.2) is 27.3 Å². The number of hydrogen-bond acceptors (Lipinski definition) is 4. The summed E-state index contributed by atoms with van der Waals surface area (Å²) in [6, 6.07) is 22.3. The lowest BCUT2D eigenvalue weighted by molar-refractivity contribution is -0.134. The molecule has 0 aromatic heterocycles. The Bertz CT molecular complexity index is 1270. The molecule has 4 nitrogen and oxygen atoms in total. The van der Waals surface area contributed by atoms with E-state index in [0.29, 0.717) is 5.75 Å². The zero-order chi connectivity index (χ0) is 21.1. The van der Waals surface area contributed by atoms with Crippen molar-refractivity contribution in [2.24, 2.45) is 0 Å². The molecule has 0 aliphatic heterocycles. The van der Waals surface area contributed by atoms with Crippen LogP contribution in [0, 0.1) is 0 Å². The topological polar surface area (TPSA) is 44.8 Å². The molecule has 4 rings (SSSR count). The highest BCUT2D eigenvalue weighted by Crippen LogP contribution is 2.47. The van der Waals surface area contributed by atoms with E-state index in [1.165, 1.54) is 13.2 Å². The van der Waals surface area contributed by atoms with Crippen LogP contribution in [0.5, 0.6) is 11.5 Å². The van der Waals surface area contributed by atoms with Crippen molar-refractivity contribution in [2.75, 3.05) is 21.3 Å². The lowest BCUT2D eigenvalue weighted by Gasteiger charge is -2.19. The van der Waals surface area contributed by atoms with Gasteiger partial charge in [0.15, 0.2) is 0 Å². The Morgan fingerprint density at radius 3 is 2.10 bits per heavy atom. The average molecular weight is 398 g/mol. The predicted octanol–water partition coefficient (Wildman–Crippen LogP) is 5.86. The molecule has 150 valence electrons. The summed E-state index contributed by atoms with van der Waals surface area (Å²) in [5, 5.41) is 4.25. The van der Waals surface area contributed by atoms with Crippen molar-refractivity contribution < 1.29 is 19.0 Å². The summed E-state index contributed by atoms with van der Waals surface area (Å²) in [4.78, 5) is 11.7. The molecule has 0 aliphatic rings. The maximum absolute atomic E-state index is 11.7. The maximum atomic E-state index is 11.7. The van der Waals surface area contributed by atoms with Gasteiger partial charge in [0, 0.05) is 22.8 Å². The van der Waals surface area contributed by atoms with Crippen LogP contribution in [0.2, 0.25) is 0 Å². The molecule has 0 aliphatic carbocycles. The smallest absolute Gasteiger partial charge is 0.330 e. The number of methoxy groups -OCH3 is 3. The fourth-order valence-corrected chi connectivity index (χ4v) is 3.85. The summed E-state index contributed by atoms with van der Waals surface area (Å²) < 4.78 is 16.4. The predicted molar refractivity (Wildman–Crippen MR) is 121 cm³/mol. The number of carbonyl (C=O) groups is 1. The Labute approximate surface area is 175 Å². The largest absolute Gasteiger partial charge is 0.496 e. The lowest BCUT2D eigenvalue weighted by atomic mass is 9.90. The molecule has 4 heteroatoms. The summed E-state index contributed by atoms with van der Waals surface area (Å²) in [6.45, 7) is 0. The van der Waals surface area contributed by atoms with Crippen LogP contribution in [0.15, 0.2) is 72.8 Å². The van der Waals surface area contributed by atoms with Gasteiger partial charge in [0.25, 0.3) is 0 Å². The molecular weight excluding hydrogens is 376 g/mol. The van der Waals surface area contributed by atoms with Crippen molar-refractivity contribution in [1.29, 1.82) is 0 Å². The maximum Gasteiger partial charge on any atom is 0.330 e. The van der Waals surface area contributed by atoms with Crippen LogP contribution in [-0.2, 0) is 9.53 Å². The van der Waals surface area contributed by atoms with Gasteiger partial charge in [-0.2, -0.15) is 0 Å². The van der Waals surface area contributed by atoms with Gasteiger partial charge in [-0.1, -0.05) is 54.6 Å². The van der Waals surface area contributed by atoms with Crippen LogP contribution in [0.4, 0.5) is 0 Å². The van der Waals surface area contributed by atoms with Crippen LogP contribution in [0.25, 0.3) is 38.7 Å². The molecule has 4 aromatic carbocycles. The first-order valence-electron chi connectivity index (χ1n) is 9.59. The van der Waals surface area contributed by atoms with Gasteiger partial charge in [0.2, 0.25) is 0 Å². The zero-order valence-corrected chi connectivity index (χ0v) is 17.1. The van der Waals surface area contributed by atoms with E-state index < -0.39 is 5.97 Å². The van der Waals surface area contributed by atoms with Crippen molar-refractivity contribution in [1.82, 2.24) is 0 Å². The molecule has 0 unspecified atom stereocenters. The van der Waals surface area contributed by atoms with Crippen LogP contribution in [0.1, 0.15) is 5.56 Å². The molecule has 0 saturated heterocycles. The Morgan fingerprint density at radius 1 is 0.767 bits per heavy atom. The number of rotatable bonds is 5. The Morgan fingerprint density at radius 2 is 1.43 bits per heavy atom. The standard InChI is InChI=1S/C26H22O4/c1-28-22-14-12-17-8-4-6-10-20(17)24(22)25-21-11-7-5-9-18(21)16-19(26(25)30-3)13-15-23(27)29-2/h4-16H,1-3H3/b15-13-. The summed E-state index contributed by atoms with van der Waals surface area (Å²) in [6.07, 6.45) is 3.12. The first-order valence-corrected chi connectivity index (χ1v) is 9.59. The number of fused-ring (bicyclic) bond motifs is 2. The minimum absolute atomic E-state index is 0.422. The molecule has 0 spiro atoms. The highest BCUT2D eigenvalue weighted by Gasteiger charge is 2.20. The molecule has 0 amide bonds. The second-order valence-corrected chi connectivity index (χ2v) is 6.82. The summed E-state index contributed by atoms with van der Waals surface area (Å²) in [5.74, 6) is 1.00. The third-order valence-electron chi connectivity index (χ3n) is 5.20. The Hall–Kier alpha value is -3.79. The SMILES string of the molecule is COC(=O)/C=C\c1cc2ccccc2c(-c2c(OC)ccc3ccccc23)c1OC. The van der Waals surface area contributed by atoms with Gasteiger partial charge in [-0.15, -0.1) is 0 Å². The second kappa shape index (κ2) is 8.29. The van der Waals surface area contributed by atoms with Crippen molar-refractivity contribution in [3.8, 4) is 22.6 Å². The average Bonchev–Trinajstić information content (AvgIpc) is 2.80. The first-order chi connectivity index (χ1) is 14.7. The van der Waals surface area contributed by atoms with Gasteiger partial charge < -0.3 is 14.2 Å². The van der Waals surface area contributed by atoms with E-state index in [1.807, 2.05) is 48.5 Å². The van der Waals surface area contributed by atoms with Gasteiger partial charge in [-0.25, -0.2) is 4.79 Å². The molecule has 0 bridgehead atoms. The molecular formula is C26H22O4. The third kappa shape index (κ3) is 3.37. The van der Waals surface area contributed by atoms with Gasteiger partial charge in [-0.05, 0) is 39.8 Å². The van der Waals surface area contributed by atoms with E-state index >= 15 is 0 Å². The van der Waals surface area contributed by atoms with E-state index in [4.69, 9.17) is 14.2 Å². The number of benzene rings is 4. The third-order valence-corrected chi connectivity index (χ3v) is 5.20. The summed E-state index contributed by atoms with van der Waals surface area (Å²) >= 11 is 0. The van der Waals surface area contributed by atoms with Crippen molar-refractivity contribution in [2.45, 2.75) is 0 Å². The van der Waals surface area contributed by atoms with Crippen molar-refractivity contribution in [3.63, 3.8) is 0 Å².